The molecule has 1 aromatic carbocycles. The predicted octanol–water partition coefficient (Wildman–Crippen LogP) is 2.41. The van der Waals surface area contributed by atoms with Crippen molar-refractivity contribution in [1.82, 2.24) is 5.32 Å². The lowest BCUT2D eigenvalue weighted by Crippen LogP contribution is -2.32. The second-order valence-electron chi connectivity index (χ2n) is 4.30. The molecule has 2 N–H and O–H groups in total. The van der Waals surface area contributed by atoms with Crippen LogP contribution >= 0.6 is 11.8 Å². The summed E-state index contributed by atoms with van der Waals surface area (Å²) in [5.74, 6) is -0.445. The van der Waals surface area contributed by atoms with Crippen molar-refractivity contribution in [2.75, 3.05) is 17.6 Å². The fourth-order valence-corrected chi connectivity index (χ4v) is 2.11. The molecule has 0 aliphatic carbocycles. The molecule has 0 saturated heterocycles. The van der Waals surface area contributed by atoms with Crippen molar-refractivity contribution >= 4 is 29.3 Å². The van der Waals surface area contributed by atoms with E-state index in [1.165, 1.54) is 36.0 Å². The minimum atomic E-state index is -0.349. The molecule has 0 aliphatic heterocycles. The highest BCUT2D eigenvalue weighted by Crippen LogP contribution is 2.13. The third-order valence-corrected chi connectivity index (χ3v) is 3.65. The van der Waals surface area contributed by atoms with Gasteiger partial charge in [-0.25, -0.2) is 4.39 Å². The molecule has 1 rings (SSSR count). The van der Waals surface area contributed by atoms with E-state index < -0.39 is 0 Å². The smallest absolute Gasteiger partial charge is 0.234 e. The first-order valence-corrected chi connectivity index (χ1v) is 7.52. The van der Waals surface area contributed by atoms with E-state index in [2.05, 4.69) is 10.6 Å². The summed E-state index contributed by atoms with van der Waals surface area (Å²) in [6, 6.07) is 5.55. The summed E-state index contributed by atoms with van der Waals surface area (Å²) in [5, 5.41) is 5.15. The highest BCUT2D eigenvalue weighted by atomic mass is 32.2. The second-order valence-corrected chi connectivity index (χ2v) is 5.63. The van der Waals surface area contributed by atoms with E-state index in [1.807, 2.05) is 6.92 Å². The largest absolute Gasteiger partial charge is 0.355 e. The van der Waals surface area contributed by atoms with Gasteiger partial charge in [0, 0.05) is 12.2 Å². The van der Waals surface area contributed by atoms with Gasteiger partial charge in [-0.2, -0.15) is 0 Å². The number of thioether (sulfide) groups is 1. The maximum Gasteiger partial charge on any atom is 0.234 e. The molecule has 0 fully saturated rings. The monoisotopic (exact) mass is 298 g/mol. The number of amides is 2. The SMILES string of the molecule is CCCNC(=O)C(C)SCC(=O)Nc1ccc(F)cc1. The lowest BCUT2D eigenvalue weighted by Gasteiger charge is -2.11. The van der Waals surface area contributed by atoms with Gasteiger partial charge < -0.3 is 10.6 Å². The summed E-state index contributed by atoms with van der Waals surface area (Å²) < 4.78 is 12.7. The summed E-state index contributed by atoms with van der Waals surface area (Å²) in [7, 11) is 0. The van der Waals surface area contributed by atoms with Crippen LogP contribution in [0.25, 0.3) is 0 Å². The Morgan fingerprint density at radius 1 is 1.30 bits per heavy atom. The van der Waals surface area contributed by atoms with Gasteiger partial charge in [0.05, 0.1) is 11.0 Å². The fourth-order valence-electron chi connectivity index (χ4n) is 1.40. The maximum atomic E-state index is 12.7. The molecule has 0 saturated carbocycles. The number of hydrogen-bond donors (Lipinski definition) is 2. The summed E-state index contributed by atoms with van der Waals surface area (Å²) in [6.07, 6.45) is 0.883. The molecule has 0 aliphatic rings. The normalized spacial score (nSPS) is 11.8. The zero-order chi connectivity index (χ0) is 15.0. The summed E-state index contributed by atoms with van der Waals surface area (Å²) in [4.78, 5) is 23.3. The van der Waals surface area contributed by atoms with Crippen LogP contribution in [-0.4, -0.2) is 29.4 Å². The van der Waals surface area contributed by atoms with Gasteiger partial charge in [-0.15, -0.1) is 11.8 Å². The van der Waals surface area contributed by atoms with Crippen molar-refractivity contribution in [1.29, 1.82) is 0 Å². The average Bonchev–Trinajstić information content (AvgIpc) is 2.44. The molecule has 0 bridgehead atoms. The van der Waals surface area contributed by atoms with Crippen LogP contribution in [0.4, 0.5) is 10.1 Å². The number of nitrogens with one attached hydrogen (secondary N) is 2. The van der Waals surface area contributed by atoms with E-state index >= 15 is 0 Å². The zero-order valence-corrected chi connectivity index (χ0v) is 12.4. The molecular formula is C14H19FN2O2S. The molecule has 4 nitrogen and oxygen atoms in total. The van der Waals surface area contributed by atoms with Gasteiger partial charge in [0.2, 0.25) is 11.8 Å². The molecule has 2 amide bonds. The number of benzene rings is 1. The van der Waals surface area contributed by atoms with Gasteiger partial charge in [-0.1, -0.05) is 6.92 Å². The summed E-state index contributed by atoms with van der Waals surface area (Å²) >= 11 is 1.27. The lowest BCUT2D eigenvalue weighted by atomic mass is 10.3. The lowest BCUT2D eigenvalue weighted by molar-refractivity contribution is -0.120. The van der Waals surface area contributed by atoms with Gasteiger partial charge in [0.15, 0.2) is 0 Å². The molecular weight excluding hydrogens is 279 g/mol. The van der Waals surface area contributed by atoms with E-state index in [9.17, 15) is 14.0 Å². The molecule has 20 heavy (non-hydrogen) atoms. The predicted molar refractivity (Wildman–Crippen MR) is 80.3 cm³/mol. The van der Waals surface area contributed by atoms with Crippen molar-refractivity contribution in [2.24, 2.45) is 0 Å². The molecule has 0 radical (unpaired) electrons. The summed E-state index contributed by atoms with van der Waals surface area (Å²) in [6.45, 7) is 4.39. The minimum absolute atomic E-state index is 0.0635. The first kappa shape index (κ1) is 16.5. The van der Waals surface area contributed by atoms with E-state index in [0.717, 1.165) is 6.42 Å². The Morgan fingerprint density at radius 3 is 2.55 bits per heavy atom. The van der Waals surface area contributed by atoms with Crippen LogP contribution in [0, 0.1) is 5.82 Å². The van der Waals surface area contributed by atoms with Crippen molar-refractivity contribution in [3.05, 3.63) is 30.1 Å². The van der Waals surface area contributed by atoms with Crippen molar-refractivity contribution in [3.8, 4) is 0 Å². The van der Waals surface area contributed by atoms with Gasteiger partial charge in [0.25, 0.3) is 0 Å². The van der Waals surface area contributed by atoms with Crippen LogP contribution in [0.2, 0.25) is 0 Å². The molecule has 0 spiro atoms. The number of rotatable bonds is 7. The Bertz CT molecular complexity index is 451. The third kappa shape index (κ3) is 6.06. The number of carbonyl (C=O) groups excluding carboxylic acids is 2. The van der Waals surface area contributed by atoms with Crippen molar-refractivity contribution in [3.63, 3.8) is 0 Å². The van der Waals surface area contributed by atoms with E-state index in [4.69, 9.17) is 0 Å². The summed E-state index contributed by atoms with van der Waals surface area (Å²) in [5.41, 5.74) is 0.542. The van der Waals surface area contributed by atoms with Crippen molar-refractivity contribution < 1.29 is 14.0 Å². The third-order valence-electron chi connectivity index (χ3n) is 2.51. The number of hydrogen-bond acceptors (Lipinski definition) is 3. The van der Waals surface area contributed by atoms with Crippen LogP contribution in [0.5, 0.6) is 0 Å². The Balaban J connectivity index is 2.32. The van der Waals surface area contributed by atoms with E-state index in [1.54, 1.807) is 6.92 Å². The molecule has 1 unspecified atom stereocenters. The quantitative estimate of drug-likeness (QED) is 0.813. The Morgan fingerprint density at radius 2 is 1.95 bits per heavy atom. The second kappa shape index (κ2) is 8.58. The molecule has 6 heteroatoms. The number of anilines is 1. The van der Waals surface area contributed by atoms with E-state index in [-0.39, 0.29) is 28.6 Å². The van der Waals surface area contributed by atoms with Crippen LogP contribution in [-0.2, 0) is 9.59 Å². The van der Waals surface area contributed by atoms with E-state index in [0.29, 0.717) is 12.2 Å². The van der Waals surface area contributed by atoms with Crippen LogP contribution in [0.15, 0.2) is 24.3 Å². The maximum absolute atomic E-state index is 12.7. The van der Waals surface area contributed by atoms with Gasteiger partial charge in [-0.05, 0) is 37.6 Å². The van der Waals surface area contributed by atoms with Gasteiger partial charge in [0.1, 0.15) is 5.82 Å². The molecule has 1 atom stereocenters. The number of carbonyl (C=O) groups is 2. The Kier molecular flexibility index (Phi) is 7.08. The fraction of sp³-hybridized carbons (Fsp3) is 0.429. The Hall–Kier alpha value is -1.56. The molecule has 0 heterocycles. The highest BCUT2D eigenvalue weighted by Gasteiger charge is 2.14. The first-order chi connectivity index (χ1) is 9.52. The average molecular weight is 298 g/mol. The topological polar surface area (TPSA) is 58.2 Å². The standard InChI is InChI=1S/C14H19FN2O2S/c1-3-8-16-14(19)10(2)20-9-13(18)17-12-6-4-11(15)5-7-12/h4-7,10H,3,8-9H2,1-2H3,(H,16,19)(H,17,18). The first-order valence-electron chi connectivity index (χ1n) is 6.47. The van der Waals surface area contributed by atoms with Crippen LogP contribution in [0.3, 0.4) is 0 Å². The van der Waals surface area contributed by atoms with Crippen molar-refractivity contribution in [2.45, 2.75) is 25.5 Å². The minimum Gasteiger partial charge on any atom is -0.355 e. The number of halogens is 1. The van der Waals surface area contributed by atoms with Gasteiger partial charge >= 0.3 is 0 Å². The molecule has 110 valence electrons. The Labute approximate surface area is 122 Å². The molecule has 0 aromatic heterocycles. The highest BCUT2D eigenvalue weighted by molar-refractivity contribution is 8.01. The van der Waals surface area contributed by atoms with Crippen LogP contribution < -0.4 is 10.6 Å². The van der Waals surface area contributed by atoms with Gasteiger partial charge in [-0.3, -0.25) is 9.59 Å². The molecule has 1 aromatic rings. The zero-order valence-electron chi connectivity index (χ0n) is 11.6. The van der Waals surface area contributed by atoms with Crippen LogP contribution in [0.1, 0.15) is 20.3 Å².